The van der Waals surface area contributed by atoms with Gasteiger partial charge < -0.3 is 15.5 Å². The minimum absolute atomic E-state index is 0. The summed E-state index contributed by atoms with van der Waals surface area (Å²) in [7, 11) is 0. The molecule has 0 aromatic carbocycles. The molecule has 1 aliphatic rings. The number of aryl methyl sites for hydroxylation is 1. The van der Waals surface area contributed by atoms with Gasteiger partial charge in [-0.15, -0.1) is 35.3 Å². The minimum Gasteiger partial charge on any atom is -0.357 e. The van der Waals surface area contributed by atoms with Gasteiger partial charge in [0.2, 0.25) is 0 Å². The topological polar surface area (TPSA) is 39.7 Å². The monoisotopic (exact) mass is 464 g/mol. The molecule has 1 unspecified atom stereocenters. The maximum atomic E-state index is 4.73. The van der Waals surface area contributed by atoms with Crippen LogP contribution in [0.5, 0.6) is 0 Å². The van der Waals surface area contributed by atoms with Gasteiger partial charge in [-0.1, -0.05) is 13.3 Å². The highest BCUT2D eigenvalue weighted by atomic mass is 127. The van der Waals surface area contributed by atoms with E-state index in [1.54, 1.807) is 11.3 Å². The van der Waals surface area contributed by atoms with Crippen LogP contribution in [-0.2, 0) is 6.54 Å². The summed E-state index contributed by atoms with van der Waals surface area (Å²) in [6, 6.07) is 2.16. The Hall–Kier alpha value is -0.340. The molecule has 2 rings (SSSR count). The maximum absolute atomic E-state index is 4.73. The van der Waals surface area contributed by atoms with Crippen LogP contribution in [0.3, 0.4) is 0 Å². The molecule has 1 atom stereocenters. The van der Waals surface area contributed by atoms with E-state index in [9.17, 15) is 0 Å². The first-order chi connectivity index (χ1) is 11.2. The Morgan fingerprint density at radius 2 is 2.04 bits per heavy atom. The molecule has 0 radical (unpaired) electrons. The molecule has 0 aliphatic carbocycles. The van der Waals surface area contributed by atoms with E-state index in [1.165, 1.54) is 49.3 Å². The number of piperidine rings is 1. The van der Waals surface area contributed by atoms with E-state index in [2.05, 4.69) is 47.8 Å². The summed E-state index contributed by atoms with van der Waals surface area (Å²) in [6.07, 6.45) is 4.14. The molecular formula is C18H33IN4S. The molecule has 0 amide bonds. The summed E-state index contributed by atoms with van der Waals surface area (Å²) in [5, 5.41) is 9.00. The number of aliphatic imine (C=N–C) groups is 1. The normalized spacial score (nSPS) is 17.2. The second-order valence-corrected chi connectivity index (χ2v) is 7.57. The summed E-state index contributed by atoms with van der Waals surface area (Å²) in [4.78, 5) is 8.68. The largest absolute Gasteiger partial charge is 0.357 e. The molecule has 0 spiro atoms. The SMILES string of the molecule is CCNC(=NCc1sccc1C)NCC(C)CN1CCCCC1.I. The molecule has 2 N–H and O–H groups in total. The van der Waals surface area contributed by atoms with Gasteiger partial charge in [0.25, 0.3) is 0 Å². The third kappa shape index (κ3) is 7.70. The van der Waals surface area contributed by atoms with E-state index in [1.807, 2.05) is 0 Å². The number of hydrogen-bond acceptors (Lipinski definition) is 3. The predicted octanol–water partition coefficient (Wildman–Crippen LogP) is 3.85. The van der Waals surface area contributed by atoms with E-state index in [0.717, 1.165) is 25.6 Å². The molecule has 1 aliphatic heterocycles. The molecule has 0 bridgehead atoms. The van der Waals surface area contributed by atoms with Crippen molar-refractivity contribution in [1.82, 2.24) is 15.5 Å². The van der Waals surface area contributed by atoms with Crippen LogP contribution < -0.4 is 10.6 Å². The molecule has 24 heavy (non-hydrogen) atoms. The van der Waals surface area contributed by atoms with Crippen molar-refractivity contribution in [1.29, 1.82) is 0 Å². The number of nitrogens with one attached hydrogen (secondary N) is 2. The van der Waals surface area contributed by atoms with Crippen molar-refractivity contribution >= 4 is 41.3 Å². The highest BCUT2D eigenvalue weighted by molar-refractivity contribution is 14.0. The molecule has 0 saturated carbocycles. The first kappa shape index (κ1) is 21.7. The van der Waals surface area contributed by atoms with Crippen LogP contribution in [-0.4, -0.2) is 43.6 Å². The third-order valence-corrected chi connectivity index (χ3v) is 5.34. The molecule has 1 saturated heterocycles. The fourth-order valence-electron chi connectivity index (χ4n) is 2.98. The van der Waals surface area contributed by atoms with Crippen LogP contribution in [0.25, 0.3) is 0 Å². The lowest BCUT2D eigenvalue weighted by atomic mass is 10.1. The maximum Gasteiger partial charge on any atom is 0.191 e. The van der Waals surface area contributed by atoms with E-state index in [4.69, 9.17) is 4.99 Å². The lowest BCUT2D eigenvalue weighted by Crippen LogP contribution is -2.42. The number of thiophene rings is 1. The lowest BCUT2D eigenvalue weighted by Gasteiger charge is -2.29. The Bertz CT molecular complexity index is 483. The highest BCUT2D eigenvalue weighted by Crippen LogP contribution is 2.16. The number of hydrogen-bond donors (Lipinski definition) is 2. The Balaban J connectivity index is 0.00000288. The second kappa shape index (κ2) is 12.1. The first-order valence-electron chi connectivity index (χ1n) is 8.96. The summed E-state index contributed by atoms with van der Waals surface area (Å²) < 4.78 is 0. The lowest BCUT2D eigenvalue weighted by molar-refractivity contribution is 0.201. The fourth-order valence-corrected chi connectivity index (χ4v) is 3.81. The highest BCUT2D eigenvalue weighted by Gasteiger charge is 2.13. The minimum atomic E-state index is 0. The van der Waals surface area contributed by atoms with Gasteiger partial charge in [-0.3, -0.25) is 0 Å². The van der Waals surface area contributed by atoms with Crippen LogP contribution >= 0.6 is 35.3 Å². The molecule has 1 fully saturated rings. The van der Waals surface area contributed by atoms with Gasteiger partial charge in [-0.05, 0) is 62.7 Å². The summed E-state index contributed by atoms with van der Waals surface area (Å²) in [5.74, 6) is 1.58. The number of likely N-dealkylation sites (tertiary alicyclic amines) is 1. The van der Waals surface area contributed by atoms with Gasteiger partial charge >= 0.3 is 0 Å². The molecule has 2 heterocycles. The van der Waals surface area contributed by atoms with Crippen LogP contribution in [0.2, 0.25) is 0 Å². The van der Waals surface area contributed by atoms with E-state index < -0.39 is 0 Å². The van der Waals surface area contributed by atoms with Crippen molar-refractivity contribution < 1.29 is 0 Å². The van der Waals surface area contributed by atoms with E-state index in [0.29, 0.717) is 5.92 Å². The van der Waals surface area contributed by atoms with Crippen molar-refractivity contribution in [2.24, 2.45) is 10.9 Å². The van der Waals surface area contributed by atoms with Gasteiger partial charge in [-0.25, -0.2) is 4.99 Å². The summed E-state index contributed by atoms with van der Waals surface area (Å²) in [5.41, 5.74) is 1.34. The van der Waals surface area contributed by atoms with E-state index >= 15 is 0 Å². The zero-order chi connectivity index (χ0) is 16.5. The van der Waals surface area contributed by atoms with Crippen LogP contribution in [0.4, 0.5) is 0 Å². The predicted molar refractivity (Wildman–Crippen MR) is 117 cm³/mol. The second-order valence-electron chi connectivity index (χ2n) is 6.57. The van der Waals surface area contributed by atoms with Gasteiger partial charge in [0.1, 0.15) is 0 Å². The Morgan fingerprint density at radius 3 is 2.67 bits per heavy atom. The number of rotatable bonds is 7. The van der Waals surface area contributed by atoms with Crippen LogP contribution in [0.15, 0.2) is 16.4 Å². The Morgan fingerprint density at radius 1 is 1.29 bits per heavy atom. The van der Waals surface area contributed by atoms with Crippen LogP contribution in [0, 0.1) is 12.8 Å². The molecule has 4 nitrogen and oxygen atoms in total. The van der Waals surface area contributed by atoms with Gasteiger partial charge in [0, 0.05) is 24.5 Å². The Labute approximate surface area is 168 Å². The fraction of sp³-hybridized carbons (Fsp3) is 0.722. The third-order valence-electron chi connectivity index (χ3n) is 4.33. The zero-order valence-electron chi connectivity index (χ0n) is 15.3. The standard InChI is InChI=1S/C18H32N4S.HI/c1-4-19-18(21-13-17-16(3)8-11-23-17)20-12-15(2)14-22-9-6-5-7-10-22;/h8,11,15H,4-7,9-10,12-14H2,1-3H3,(H2,19,20,21);1H. The van der Waals surface area contributed by atoms with Gasteiger partial charge in [-0.2, -0.15) is 0 Å². The van der Waals surface area contributed by atoms with Crippen molar-refractivity contribution in [3.05, 3.63) is 21.9 Å². The zero-order valence-corrected chi connectivity index (χ0v) is 18.5. The summed E-state index contributed by atoms with van der Waals surface area (Å²) >= 11 is 1.79. The average molecular weight is 464 g/mol. The molecule has 138 valence electrons. The van der Waals surface area contributed by atoms with Crippen LogP contribution in [0.1, 0.15) is 43.6 Å². The number of nitrogens with zero attached hydrogens (tertiary/aromatic N) is 2. The molecule has 6 heteroatoms. The quantitative estimate of drug-likeness (QED) is 0.366. The number of halogens is 1. The molecule has 1 aromatic rings. The van der Waals surface area contributed by atoms with Crippen molar-refractivity contribution in [2.75, 3.05) is 32.7 Å². The Kier molecular flexibility index (Phi) is 10.9. The van der Waals surface area contributed by atoms with E-state index in [-0.39, 0.29) is 24.0 Å². The summed E-state index contributed by atoms with van der Waals surface area (Å²) in [6.45, 7) is 13.0. The average Bonchev–Trinajstić information content (AvgIpc) is 2.96. The molecular weight excluding hydrogens is 431 g/mol. The number of guanidine groups is 1. The smallest absolute Gasteiger partial charge is 0.191 e. The first-order valence-corrected chi connectivity index (χ1v) is 9.84. The van der Waals surface area contributed by atoms with Crippen molar-refractivity contribution in [3.8, 4) is 0 Å². The van der Waals surface area contributed by atoms with Gasteiger partial charge in [0.15, 0.2) is 5.96 Å². The van der Waals surface area contributed by atoms with Gasteiger partial charge in [0.05, 0.1) is 6.54 Å². The molecule has 1 aromatic heterocycles. The van der Waals surface area contributed by atoms with Crippen molar-refractivity contribution in [3.63, 3.8) is 0 Å². The van der Waals surface area contributed by atoms with Crippen molar-refractivity contribution in [2.45, 2.75) is 46.6 Å².